The van der Waals surface area contributed by atoms with Crippen molar-refractivity contribution in [3.63, 3.8) is 0 Å². The molecule has 0 saturated heterocycles. The quantitative estimate of drug-likeness (QED) is 0.353. The van der Waals surface area contributed by atoms with Crippen LogP contribution in [0.3, 0.4) is 0 Å². The van der Waals surface area contributed by atoms with E-state index in [4.69, 9.17) is 15.3 Å². The van der Waals surface area contributed by atoms with Gasteiger partial charge in [0.2, 0.25) is 0 Å². The molecule has 0 atom stereocenters. The molecule has 104 valence electrons. The van der Waals surface area contributed by atoms with Gasteiger partial charge in [-0.1, -0.05) is 52.4 Å². The van der Waals surface area contributed by atoms with E-state index in [-0.39, 0.29) is 0 Å². The van der Waals surface area contributed by atoms with Crippen LogP contribution in [0.25, 0.3) is 0 Å². The Hall–Kier alpha value is -0.840. The molecular weight excluding hydrogens is 220 g/mol. The summed E-state index contributed by atoms with van der Waals surface area (Å²) in [6.07, 6.45) is 11.0. The van der Waals surface area contributed by atoms with Gasteiger partial charge >= 0.3 is 0 Å². The van der Waals surface area contributed by atoms with E-state index < -0.39 is 5.09 Å². The number of nitrogens with zero attached hydrogens (tertiary/aromatic N) is 1. The number of rotatable bonds is 10. The van der Waals surface area contributed by atoms with Crippen molar-refractivity contribution >= 4 is 0 Å². The van der Waals surface area contributed by atoms with E-state index in [1.165, 1.54) is 64.5 Å². The lowest BCUT2D eigenvalue weighted by atomic mass is 10.2. The summed E-state index contributed by atoms with van der Waals surface area (Å²) in [5.74, 6) is 0. The van der Waals surface area contributed by atoms with Crippen molar-refractivity contribution in [3.8, 4) is 0 Å². The zero-order valence-corrected chi connectivity index (χ0v) is 11.3. The van der Waals surface area contributed by atoms with Crippen molar-refractivity contribution in [2.45, 2.75) is 65.2 Å². The van der Waals surface area contributed by atoms with Gasteiger partial charge in [-0.2, -0.15) is 0 Å². The van der Waals surface area contributed by atoms with Crippen LogP contribution >= 0.6 is 0 Å². The average molecular weight is 248 g/mol. The Bertz CT molecular complexity index is 141. The fraction of sp³-hybridized carbons (Fsp3) is 1.00. The SMILES string of the molecule is CCCCCCNCCCCCC.O=[N+]([O-])O. The normalized spacial score (nSPS) is 9.53. The Balaban J connectivity index is 0. The molecule has 0 bridgehead atoms. The summed E-state index contributed by atoms with van der Waals surface area (Å²) < 4.78 is 0. The van der Waals surface area contributed by atoms with Crippen LogP contribution in [-0.2, 0) is 0 Å². The summed E-state index contributed by atoms with van der Waals surface area (Å²) in [7, 11) is 0. The first-order chi connectivity index (χ1) is 8.15. The van der Waals surface area contributed by atoms with Crippen LogP contribution in [0.4, 0.5) is 0 Å². The minimum absolute atomic E-state index is 1.23. The summed E-state index contributed by atoms with van der Waals surface area (Å²) >= 11 is 0. The Morgan fingerprint density at radius 2 is 1.29 bits per heavy atom. The lowest BCUT2D eigenvalue weighted by Crippen LogP contribution is -2.16. The lowest BCUT2D eigenvalue weighted by molar-refractivity contribution is -0.742. The second kappa shape index (κ2) is 17.6. The Morgan fingerprint density at radius 3 is 1.59 bits per heavy atom. The van der Waals surface area contributed by atoms with E-state index in [2.05, 4.69) is 19.2 Å². The average Bonchev–Trinajstić information content (AvgIpc) is 2.26. The largest absolute Gasteiger partial charge is 0.328 e. The van der Waals surface area contributed by atoms with Crippen LogP contribution < -0.4 is 5.32 Å². The topological polar surface area (TPSA) is 75.4 Å². The Kier molecular flexibility index (Phi) is 19.1. The monoisotopic (exact) mass is 248 g/mol. The van der Waals surface area contributed by atoms with Gasteiger partial charge in [-0.15, -0.1) is 10.1 Å². The van der Waals surface area contributed by atoms with E-state index in [1.807, 2.05) is 0 Å². The van der Waals surface area contributed by atoms with Gasteiger partial charge in [0.05, 0.1) is 0 Å². The zero-order valence-electron chi connectivity index (χ0n) is 11.3. The highest BCUT2D eigenvalue weighted by Crippen LogP contribution is 1.98. The maximum absolute atomic E-state index is 8.36. The van der Waals surface area contributed by atoms with Crippen molar-refractivity contribution in [2.75, 3.05) is 13.1 Å². The van der Waals surface area contributed by atoms with Crippen molar-refractivity contribution < 1.29 is 10.3 Å². The summed E-state index contributed by atoms with van der Waals surface area (Å²) in [4.78, 5) is 8.36. The third-order valence-electron chi connectivity index (χ3n) is 2.41. The van der Waals surface area contributed by atoms with Crippen LogP contribution in [0, 0.1) is 10.1 Å². The first kappa shape index (κ1) is 18.5. The van der Waals surface area contributed by atoms with Gasteiger partial charge in [-0.25, -0.2) is 0 Å². The molecule has 0 heterocycles. The number of hydrogen-bond acceptors (Lipinski definition) is 3. The molecule has 0 aromatic heterocycles. The van der Waals surface area contributed by atoms with Crippen molar-refractivity contribution in [1.29, 1.82) is 0 Å². The molecule has 5 nitrogen and oxygen atoms in total. The fourth-order valence-electron chi connectivity index (χ4n) is 1.48. The molecule has 5 heteroatoms. The molecule has 2 N–H and O–H groups in total. The van der Waals surface area contributed by atoms with Gasteiger partial charge in [0, 0.05) is 0 Å². The van der Waals surface area contributed by atoms with Crippen LogP contribution in [-0.4, -0.2) is 23.4 Å². The molecule has 0 aromatic carbocycles. The fourth-order valence-corrected chi connectivity index (χ4v) is 1.48. The predicted octanol–water partition coefficient (Wildman–Crippen LogP) is 3.39. The summed E-state index contributed by atoms with van der Waals surface area (Å²) in [5.41, 5.74) is 0. The molecule has 0 saturated carbocycles. The molecule has 0 amide bonds. The summed E-state index contributed by atoms with van der Waals surface area (Å²) in [5, 5.41) is 17.1. The molecule has 0 aliphatic rings. The van der Waals surface area contributed by atoms with Crippen LogP contribution in [0.5, 0.6) is 0 Å². The van der Waals surface area contributed by atoms with Crippen LogP contribution in [0.2, 0.25) is 0 Å². The highest BCUT2D eigenvalue weighted by molar-refractivity contribution is 4.49. The molecule has 0 radical (unpaired) electrons. The number of nitrogens with one attached hydrogen (secondary N) is 1. The minimum atomic E-state index is -1.50. The van der Waals surface area contributed by atoms with Gasteiger partial charge in [0.25, 0.3) is 5.09 Å². The molecule has 0 fully saturated rings. The molecule has 0 aliphatic carbocycles. The van der Waals surface area contributed by atoms with E-state index in [1.54, 1.807) is 0 Å². The molecule has 17 heavy (non-hydrogen) atoms. The smallest absolute Gasteiger partial charge is 0.291 e. The Labute approximate surface area is 105 Å². The number of unbranched alkanes of at least 4 members (excludes halogenated alkanes) is 6. The third-order valence-corrected chi connectivity index (χ3v) is 2.41. The lowest BCUT2D eigenvalue weighted by Gasteiger charge is -2.03. The zero-order chi connectivity index (χ0) is 13.4. The maximum atomic E-state index is 8.36. The van der Waals surface area contributed by atoms with E-state index >= 15 is 0 Å². The first-order valence-electron chi connectivity index (χ1n) is 6.69. The van der Waals surface area contributed by atoms with E-state index in [0.717, 1.165) is 0 Å². The van der Waals surface area contributed by atoms with Crippen molar-refractivity contribution in [1.82, 2.24) is 5.32 Å². The summed E-state index contributed by atoms with van der Waals surface area (Å²) in [6, 6.07) is 0. The highest BCUT2D eigenvalue weighted by Gasteiger charge is 1.89. The molecule has 0 aromatic rings. The van der Waals surface area contributed by atoms with Gasteiger partial charge in [0.1, 0.15) is 0 Å². The van der Waals surface area contributed by atoms with Gasteiger partial charge < -0.3 is 10.5 Å². The van der Waals surface area contributed by atoms with E-state index in [0.29, 0.717) is 0 Å². The highest BCUT2D eigenvalue weighted by atomic mass is 16.9. The summed E-state index contributed by atoms with van der Waals surface area (Å²) in [6.45, 7) is 6.98. The maximum Gasteiger partial charge on any atom is 0.291 e. The third kappa shape index (κ3) is 31.3. The first-order valence-corrected chi connectivity index (χ1v) is 6.69. The molecule has 0 rings (SSSR count). The van der Waals surface area contributed by atoms with Crippen molar-refractivity contribution in [3.05, 3.63) is 10.1 Å². The Morgan fingerprint density at radius 1 is 0.941 bits per heavy atom. The minimum Gasteiger partial charge on any atom is -0.328 e. The van der Waals surface area contributed by atoms with Gasteiger partial charge in [0.15, 0.2) is 0 Å². The van der Waals surface area contributed by atoms with Gasteiger partial charge in [-0.05, 0) is 25.9 Å². The predicted molar refractivity (Wildman–Crippen MR) is 69.9 cm³/mol. The second-order valence-electron chi connectivity index (χ2n) is 4.11. The molecule has 0 spiro atoms. The molecule has 0 unspecified atom stereocenters. The van der Waals surface area contributed by atoms with Crippen LogP contribution in [0.1, 0.15) is 65.2 Å². The van der Waals surface area contributed by atoms with Gasteiger partial charge in [-0.3, -0.25) is 0 Å². The molecule has 0 aliphatic heterocycles. The second-order valence-corrected chi connectivity index (χ2v) is 4.11. The van der Waals surface area contributed by atoms with Crippen molar-refractivity contribution in [2.24, 2.45) is 0 Å². The van der Waals surface area contributed by atoms with Crippen LogP contribution in [0.15, 0.2) is 0 Å². The molecular formula is C12H28N2O3. The number of hydrogen-bond donors (Lipinski definition) is 2. The van der Waals surface area contributed by atoms with E-state index in [9.17, 15) is 0 Å². The standard InChI is InChI=1S/C12H27N.HNO3/c1-3-5-7-9-11-13-12-10-8-6-4-2;2-1(3)4/h13H,3-12H2,1-2H3;(H,2,3,4).